The molecule has 1 N–H and O–H groups in total. The topological polar surface area (TPSA) is 62.9 Å². The summed E-state index contributed by atoms with van der Waals surface area (Å²) in [6, 6.07) is 1.93. The van der Waals surface area contributed by atoms with Crippen molar-refractivity contribution in [2.45, 2.75) is 0 Å². The van der Waals surface area contributed by atoms with Crippen molar-refractivity contribution >= 4 is 12.0 Å². The number of nitrogens with one attached hydrogen (secondary N) is 1. The molecule has 54 valence electrons. The molecule has 5 nitrogen and oxygen atoms in total. The van der Waals surface area contributed by atoms with Crippen LogP contribution >= 0.6 is 0 Å². The molecular formula is C6H4N4O. The number of aromatic nitrogens is 2. The molecule has 11 heavy (non-hydrogen) atoms. The second-order valence-electron chi connectivity index (χ2n) is 1.97. The molecule has 0 atom stereocenters. The molecule has 0 radical (unpaired) electrons. The van der Waals surface area contributed by atoms with Gasteiger partial charge in [-0.2, -0.15) is 5.26 Å². The van der Waals surface area contributed by atoms with Crippen molar-refractivity contribution in [2.75, 3.05) is 5.48 Å². The third-order valence-corrected chi connectivity index (χ3v) is 1.34. The van der Waals surface area contributed by atoms with E-state index in [0.29, 0.717) is 11.5 Å². The average Bonchev–Trinajstić information content (AvgIpc) is 2.47. The molecule has 0 spiro atoms. The molecule has 0 saturated carbocycles. The van der Waals surface area contributed by atoms with E-state index in [1.165, 1.54) is 6.26 Å². The smallest absolute Gasteiger partial charge is 0.186 e. The quantitative estimate of drug-likeness (QED) is 0.583. The summed E-state index contributed by atoms with van der Waals surface area (Å²) in [5, 5.41) is 8.54. The lowest BCUT2D eigenvalue weighted by molar-refractivity contribution is 0.321. The first-order valence-corrected chi connectivity index (χ1v) is 2.97. The van der Waals surface area contributed by atoms with Gasteiger partial charge in [-0.25, -0.2) is 10.5 Å². The van der Waals surface area contributed by atoms with E-state index in [1.807, 2.05) is 6.07 Å². The van der Waals surface area contributed by atoms with Gasteiger partial charge in [-0.05, 0) is 0 Å². The van der Waals surface area contributed by atoms with Crippen LogP contribution in [0.15, 0.2) is 12.6 Å². The zero-order valence-electron chi connectivity index (χ0n) is 5.48. The lowest BCUT2D eigenvalue weighted by Crippen LogP contribution is -2.05. The predicted octanol–water partition coefficient (Wildman–Crippen LogP) is 0.540. The first-order chi connectivity index (χ1) is 5.42. The highest BCUT2D eigenvalue weighted by atomic mass is 16.6. The van der Waals surface area contributed by atoms with Gasteiger partial charge in [0.25, 0.3) is 0 Å². The molecule has 0 fully saturated rings. The lowest BCUT2D eigenvalue weighted by Gasteiger charge is -2.09. The van der Waals surface area contributed by atoms with Crippen LogP contribution in [0.25, 0.3) is 6.20 Å². The SMILES string of the molecule is N#Cc1ncn2c1NOC=C2. The number of imidazole rings is 1. The molecule has 2 heterocycles. The van der Waals surface area contributed by atoms with Crippen LogP contribution in [0.4, 0.5) is 5.82 Å². The van der Waals surface area contributed by atoms with E-state index >= 15 is 0 Å². The fourth-order valence-electron chi connectivity index (χ4n) is 0.843. The third kappa shape index (κ3) is 0.730. The summed E-state index contributed by atoms with van der Waals surface area (Å²) >= 11 is 0. The molecule has 0 aromatic carbocycles. The summed E-state index contributed by atoms with van der Waals surface area (Å²) in [6.45, 7) is 0. The van der Waals surface area contributed by atoms with E-state index in [-0.39, 0.29) is 0 Å². The van der Waals surface area contributed by atoms with E-state index in [0.717, 1.165) is 0 Å². The molecule has 1 aromatic rings. The highest BCUT2D eigenvalue weighted by molar-refractivity contribution is 5.53. The van der Waals surface area contributed by atoms with Gasteiger partial charge in [-0.3, -0.25) is 4.57 Å². The van der Waals surface area contributed by atoms with Gasteiger partial charge in [0.1, 0.15) is 18.7 Å². The van der Waals surface area contributed by atoms with Gasteiger partial charge >= 0.3 is 0 Å². The Kier molecular flexibility index (Phi) is 1.07. The average molecular weight is 148 g/mol. The van der Waals surface area contributed by atoms with Crippen LogP contribution in [-0.4, -0.2) is 9.55 Å². The number of rotatable bonds is 0. The van der Waals surface area contributed by atoms with Crippen LogP contribution in [0.1, 0.15) is 5.69 Å². The Hall–Kier alpha value is -1.96. The molecule has 0 aliphatic carbocycles. The fraction of sp³-hybridized carbons (Fsp3) is 0. The van der Waals surface area contributed by atoms with Gasteiger partial charge in [0.15, 0.2) is 11.5 Å². The van der Waals surface area contributed by atoms with Crippen molar-refractivity contribution in [3.8, 4) is 6.07 Å². The molecular weight excluding hydrogens is 144 g/mol. The Morgan fingerprint density at radius 1 is 1.73 bits per heavy atom. The molecule has 0 bridgehead atoms. The minimum atomic E-state index is 0.328. The maximum Gasteiger partial charge on any atom is 0.186 e. The Morgan fingerprint density at radius 3 is 3.45 bits per heavy atom. The molecule has 0 amide bonds. The van der Waals surface area contributed by atoms with E-state index < -0.39 is 0 Å². The Bertz CT molecular complexity index is 346. The van der Waals surface area contributed by atoms with Crippen molar-refractivity contribution < 1.29 is 4.84 Å². The van der Waals surface area contributed by atoms with Gasteiger partial charge in [-0.15, -0.1) is 0 Å². The zero-order valence-corrected chi connectivity index (χ0v) is 5.48. The summed E-state index contributed by atoms with van der Waals surface area (Å²) < 4.78 is 1.67. The third-order valence-electron chi connectivity index (χ3n) is 1.34. The number of nitrogens with zero attached hydrogens (tertiary/aromatic N) is 3. The predicted molar refractivity (Wildman–Crippen MR) is 37.0 cm³/mol. The Labute approximate surface area is 62.5 Å². The van der Waals surface area contributed by atoms with E-state index in [1.54, 1.807) is 17.1 Å². The number of hydrogen-bond acceptors (Lipinski definition) is 4. The van der Waals surface area contributed by atoms with Crippen LogP contribution in [0, 0.1) is 11.3 Å². The van der Waals surface area contributed by atoms with Crippen LogP contribution in [0.3, 0.4) is 0 Å². The van der Waals surface area contributed by atoms with Gasteiger partial charge in [0.2, 0.25) is 0 Å². The minimum absolute atomic E-state index is 0.328. The van der Waals surface area contributed by atoms with Crippen molar-refractivity contribution in [2.24, 2.45) is 0 Å². The van der Waals surface area contributed by atoms with Gasteiger partial charge in [-0.1, -0.05) is 0 Å². The maximum atomic E-state index is 8.54. The summed E-state index contributed by atoms with van der Waals surface area (Å²) in [5.41, 5.74) is 2.88. The molecule has 1 aliphatic rings. The van der Waals surface area contributed by atoms with Crippen LogP contribution in [-0.2, 0) is 4.84 Å². The molecule has 2 rings (SSSR count). The minimum Gasteiger partial charge on any atom is -0.387 e. The first-order valence-electron chi connectivity index (χ1n) is 2.97. The van der Waals surface area contributed by atoms with Crippen LogP contribution < -0.4 is 5.48 Å². The molecule has 0 unspecified atom stereocenters. The summed E-state index contributed by atoms with van der Waals surface area (Å²) in [5.74, 6) is 0.565. The molecule has 0 saturated heterocycles. The lowest BCUT2D eigenvalue weighted by atomic mass is 10.5. The number of hydrogen-bond donors (Lipinski definition) is 1. The molecule has 1 aromatic heterocycles. The zero-order chi connectivity index (χ0) is 7.68. The van der Waals surface area contributed by atoms with Crippen molar-refractivity contribution in [1.82, 2.24) is 9.55 Å². The normalized spacial score (nSPS) is 12.6. The van der Waals surface area contributed by atoms with Gasteiger partial charge < -0.3 is 4.84 Å². The van der Waals surface area contributed by atoms with Gasteiger partial charge in [0.05, 0.1) is 0 Å². The van der Waals surface area contributed by atoms with Crippen LogP contribution in [0.2, 0.25) is 0 Å². The largest absolute Gasteiger partial charge is 0.387 e. The van der Waals surface area contributed by atoms with E-state index in [9.17, 15) is 0 Å². The second-order valence-corrected chi connectivity index (χ2v) is 1.97. The summed E-state index contributed by atoms with van der Waals surface area (Å²) in [4.78, 5) is 8.58. The highest BCUT2D eigenvalue weighted by Gasteiger charge is 2.10. The molecule has 5 heteroatoms. The number of nitriles is 1. The van der Waals surface area contributed by atoms with E-state index in [2.05, 4.69) is 10.5 Å². The number of anilines is 1. The van der Waals surface area contributed by atoms with Crippen molar-refractivity contribution in [3.63, 3.8) is 0 Å². The summed E-state index contributed by atoms with van der Waals surface area (Å²) in [6.07, 6.45) is 4.68. The van der Waals surface area contributed by atoms with Gasteiger partial charge in [0, 0.05) is 6.20 Å². The van der Waals surface area contributed by atoms with E-state index in [4.69, 9.17) is 10.1 Å². The number of fused-ring (bicyclic) bond motifs is 1. The Balaban J connectivity index is 2.58. The van der Waals surface area contributed by atoms with Crippen LogP contribution in [0.5, 0.6) is 0 Å². The second kappa shape index (κ2) is 2.02. The first kappa shape index (κ1) is 5.80. The summed E-state index contributed by atoms with van der Waals surface area (Å²) in [7, 11) is 0. The fourth-order valence-corrected chi connectivity index (χ4v) is 0.843. The standard InChI is InChI=1S/C6H4N4O/c7-3-5-6-9-11-2-1-10(6)4-8-5/h1-2,4,9H. The molecule has 1 aliphatic heterocycles. The maximum absolute atomic E-state index is 8.54. The van der Waals surface area contributed by atoms with Crippen molar-refractivity contribution in [1.29, 1.82) is 5.26 Å². The highest BCUT2D eigenvalue weighted by Crippen LogP contribution is 2.16. The van der Waals surface area contributed by atoms with Crippen molar-refractivity contribution in [3.05, 3.63) is 18.3 Å². The Morgan fingerprint density at radius 2 is 2.64 bits per heavy atom. The monoisotopic (exact) mass is 148 g/mol.